The first-order valence-corrected chi connectivity index (χ1v) is 27.1. The summed E-state index contributed by atoms with van der Waals surface area (Å²) in [6.45, 7) is 4.98. The van der Waals surface area contributed by atoms with Gasteiger partial charge in [-0.05, 0) is 83.5 Å². The summed E-state index contributed by atoms with van der Waals surface area (Å²) in [4.78, 5) is 180. The Hall–Kier alpha value is -8.43. The van der Waals surface area contributed by atoms with Gasteiger partial charge in [0.05, 0.1) is 19.1 Å². The molecule has 0 aromatic carbocycles. The number of guanidine groups is 2. The molecule has 0 saturated carbocycles. The summed E-state index contributed by atoms with van der Waals surface area (Å²) < 4.78 is 0. The number of hydrogen-bond donors (Lipinski definition) is 16. The number of aliphatic carboxylic acids is 2. The van der Waals surface area contributed by atoms with Crippen molar-refractivity contribution in [2.24, 2.45) is 56.0 Å². The highest BCUT2D eigenvalue weighted by Gasteiger charge is 2.43. The predicted octanol–water partition coefficient (Wildman–Crippen LogP) is -7.71. The summed E-state index contributed by atoms with van der Waals surface area (Å²) in [5.74, 6) is -12.3. The molecule has 466 valence electrons. The normalized spacial score (nSPS) is 18.9. The topological polar surface area (TPSA) is 571 Å². The molecule has 0 unspecified atom stereocenters. The maximum atomic E-state index is 14.5. The van der Waals surface area contributed by atoms with E-state index in [1.165, 1.54) is 11.8 Å². The SMILES string of the molecule is CC(=O)O.CC(C)[C@H](NC(=O)[C@@H](N)CCC(N)=O)C(=O)N1CCC[C@H]1C(=O)N[C@@H](CO)C(=O)N[C@@H](CCCN=C(N)N)C(=O)N1CCC[C@H]1C(=O)N[C@@H](CC(N)=O)C(=O)N[C@@H](CCCN=C(N)N)C(=O)N[C@@H](C)C(=O)N1CCC[C@H]1C(=O)O. The molecule has 3 heterocycles. The molecule has 3 fully saturated rings. The van der Waals surface area contributed by atoms with Crippen molar-refractivity contribution in [1.29, 1.82) is 0 Å². The average molecular weight is 1180 g/mol. The van der Waals surface area contributed by atoms with Crippen LogP contribution in [0.1, 0.15) is 111 Å². The van der Waals surface area contributed by atoms with Crippen LogP contribution in [0.4, 0.5) is 0 Å². The molecule has 0 bridgehead atoms. The Morgan fingerprint density at radius 1 is 0.530 bits per heavy atom. The Balaban J connectivity index is 0.00000568. The van der Waals surface area contributed by atoms with Crippen LogP contribution in [0, 0.1) is 5.92 Å². The number of nitrogens with zero attached hydrogens (tertiary/aromatic N) is 5. The van der Waals surface area contributed by atoms with Crippen LogP contribution in [0.2, 0.25) is 0 Å². The minimum Gasteiger partial charge on any atom is -0.481 e. The van der Waals surface area contributed by atoms with Crippen molar-refractivity contribution in [3.05, 3.63) is 0 Å². The van der Waals surface area contributed by atoms with E-state index in [4.69, 9.17) is 50.0 Å². The van der Waals surface area contributed by atoms with Crippen LogP contribution >= 0.6 is 0 Å². The molecule has 23 N–H and O–H groups in total. The fraction of sp³-hybridized carbons (Fsp3) is 0.694. The van der Waals surface area contributed by atoms with E-state index in [0.29, 0.717) is 12.8 Å². The molecule has 3 aliphatic rings. The second-order valence-electron chi connectivity index (χ2n) is 20.5. The van der Waals surface area contributed by atoms with Gasteiger partial charge in [-0.25, -0.2) is 4.79 Å². The fourth-order valence-corrected chi connectivity index (χ4v) is 9.32. The van der Waals surface area contributed by atoms with E-state index in [1.54, 1.807) is 13.8 Å². The van der Waals surface area contributed by atoms with Gasteiger partial charge in [0.1, 0.15) is 54.4 Å². The first kappa shape index (κ1) is 70.7. The third kappa shape index (κ3) is 23.5. The van der Waals surface area contributed by atoms with Gasteiger partial charge in [-0.15, -0.1) is 0 Å². The summed E-state index contributed by atoms with van der Waals surface area (Å²) in [6, 6.07) is -13.3. The summed E-state index contributed by atoms with van der Waals surface area (Å²) in [7, 11) is 0. The number of hydrogen-bond acceptors (Lipinski definition) is 17. The largest absolute Gasteiger partial charge is 0.481 e. The molecule has 34 heteroatoms. The number of amides is 11. The Morgan fingerprint density at radius 2 is 0.964 bits per heavy atom. The highest BCUT2D eigenvalue weighted by Crippen LogP contribution is 2.23. The van der Waals surface area contributed by atoms with Gasteiger partial charge in [-0.3, -0.25) is 67.5 Å². The monoisotopic (exact) mass is 1180 g/mol. The Kier molecular flexibility index (Phi) is 29.6. The molecule has 3 saturated heterocycles. The molecule has 34 nitrogen and oxygen atoms in total. The standard InChI is InChI=1S/C47H80N18O14.C2H4O2/c1-23(2)35(62-36(69)25(48)14-15-33(49)67)44(77)64-19-7-12-31(64)41(74)61-29(22-66)39(72)59-27(10-5-17-56-47(53)54)43(76)63-18-6-11-30(63)40(73)60-28(21-34(50)68)38(71)58-26(9-4-16-55-46(51)52)37(70)57-24(3)42(75)65-20-8-13-32(65)45(78)79;1-2(3)4/h23-32,35,66H,4-22,48H2,1-3H3,(H2,49,67)(H2,50,68)(H,57,70)(H,58,71)(H,59,72)(H,60,73)(H,61,74)(H,62,69)(H,78,79)(H4,51,52,55)(H4,53,54,56);1H3,(H,3,4)/t24-,25-,26-,27-,28-,29-,30-,31-,32-,35-;/m0./s1. The molecule has 0 aromatic heterocycles. The highest BCUT2D eigenvalue weighted by atomic mass is 16.4. The molecule has 83 heavy (non-hydrogen) atoms. The predicted molar refractivity (Wildman–Crippen MR) is 294 cm³/mol. The van der Waals surface area contributed by atoms with Crippen LogP contribution in [0.15, 0.2) is 9.98 Å². The van der Waals surface area contributed by atoms with E-state index in [1.807, 2.05) is 0 Å². The second-order valence-corrected chi connectivity index (χ2v) is 20.5. The van der Waals surface area contributed by atoms with Crippen molar-refractivity contribution in [3.8, 4) is 0 Å². The molecule has 3 aliphatic heterocycles. The third-order valence-electron chi connectivity index (χ3n) is 13.5. The minimum atomic E-state index is -1.72. The molecule has 0 spiro atoms. The number of carboxylic acid groups (broad SMARTS) is 2. The minimum absolute atomic E-state index is 0.00646. The van der Waals surface area contributed by atoms with Gasteiger partial charge in [0, 0.05) is 46.1 Å². The van der Waals surface area contributed by atoms with E-state index in [2.05, 4.69) is 41.9 Å². The first-order chi connectivity index (χ1) is 38.9. The smallest absolute Gasteiger partial charge is 0.326 e. The van der Waals surface area contributed by atoms with E-state index in [0.717, 1.165) is 16.7 Å². The highest BCUT2D eigenvalue weighted by molar-refractivity contribution is 6.00. The summed E-state index contributed by atoms with van der Waals surface area (Å²) >= 11 is 0. The van der Waals surface area contributed by atoms with Crippen LogP contribution in [0.25, 0.3) is 0 Å². The molecule has 11 amide bonds. The summed E-state index contributed by atoms with van der Waals surface area (Å²) in [6.07, 6.45) is 0.345. The number of carbonyl (C=O) groups is 13. The zero-order valence-electron chi connectivity index (χ0n) is 47.2. The summed E-state index contributed by atoms with van der Waals surface area (Å²) in [5.41, 5.74) is 38.5. The maximum absolute atomic E-state index is 14.5. The molecule has 10 atom stereocenters. The third-order valence-corrected chi connectivity index (χ3v) is 13.5. The quantitative estimate of drug-likeness (QED) is 0.0174. The van der Waals surface area contributed by atoms with Crippen molar-refractivity contribution < 1.29 is 77.6 Å². The number of nitrogens with one attached hydrogen (secondary N) is 6. The lowest BCUT2D eigenvalue weighted by Gasteiger charge is -2.32. The lowest BCUT2D eigenvalue weighted by atomic mass is 10.0. The van der Waals surface area contributed by atoms with E-state index >= 15 is 0 Å². The first-order valence-electron chi connectivity index (χ1n) is 27.1. The molecule has 0 aromatic rings. The van der Waals surface area contributed by atoms with Crippen molar-refractivity contribution in [3.63, 3.8) is 0 Å². The fourth-order valence-electron chi connectivity index (χ4n) is 9.32. The van der Waals surface area contributed by atoms with Gasteiger partial charge in [-0.2, -0.15) is 0 Å². The van der Waals surface area contributed by atoms with Crippen LogP contribution in [-0.2, 0) is 62.3 Å². The molecule has 0 aliphatic carbocycles. The van der Waals surface area contributed by atoms with Crippen LogP contribution in [-0.4, -0.2) is 219 Å². The second kappa shape index (κ2) is 34.8. The Morgan fingerprint density at radius 3 is 1.42 bits per heavy atom. The molecular weight excluding hydrogens is 1100 g/mol. The summed E-state index contributed by atoms with van der Waals surface area (Å²) in [5, 5.41) is 42.4. The van der Waals surface area contributed by atoms with E-state index in [9.17, 15) is 67.7 Å². The van der Waals surface area contributed by atoms with E-state index < -0.39 is 156 Å². The van der Waals surface area contributed by atoms with Crippen molar-refractivity contribution in [1.82, 2.24) is 46.6 Å². The van der Waals surface area contributed by atoms with Crippen LogP contribution < -0.4 is 72.0 Å². The number of aliphatic hydroxyl groups excluding tert-OH is 1. The number of primary amides is 2. The number of nitrogens with two attached hydrogens (primary N) is 7. The van der Waals surface area contributed by atoms with Gasteiger partial charge in [0.25, 0.3) is 5.97 Å². The van der Waals surface area contributed by atoms with Gasteiger partial charge in [0.15, 0.2) is 11.9 Å². The number of aliphatic hydroxyl groups is 1. The Labute approximate surface area is 478 Å². The van der Waals surface area contributed by atoms with Gasteiger partial charge in [0.2, 0.25) is 65.0 Å². The van der Waals surface area contributed by atoms with E-state index in [-0.39, 0.29) is 109 Å². The molecule has 0 radical (unpaired) electrons. The average Bonchev–Trinajstić information content (AvgIpc) is 4.34. The van der Waals surface area contributed by atoms with Crippen LogP contribution in [0.3, 0.4) is 0 Å². The van der Waals surface area contributed by atoms with Crippen LogP contribution in [0.5, 0.6) is 0 Å². The Bertz CT molecular complexity index is 2400. The zero-order valence-corrected chi connectivity index (χ0v) is 47.2. The lowest BCUT2D eigenvalue weighted by Crippen LogP contribution is -2.61. The zero-order chi connectivity index (χ0) is 62.8. The lowest BCUT2D eigenvalue weighted by molar-refractivity contribution is -0.149. The van der Waals surface area contributed by atoms with Crippen molar-refractivity contribution in [2.75, 3.05) is 39.3 Å². The number of aliphatic imine (C=N–C) groups is 2. The number of carbonyl (C=O) groups excluding carboxylic acids is 11. The maximum Gasteiger partial charge on any atom is 0.326 e. The number of carboxylic acids is 2. The number of rotatable bonds is 31. The van der Waals surface area contributed by atoms with Crippen molar-refractivity contribution >= 4 is 88.8 Å². The van der Waals surface area contributed by atoms with Crippen molar-refractivity contribution in [2.45, 2.75) is 172 Å². The van der Waals surface area contributed by atoms with Gasteiger partial charge >= 0.3 is 5.97 Å². The molecular formula is C49H84N18O16. The number of likely N-dealkylation sites (tertiary alicyclic amines) is 3. The van der Waals surface area contributed by atoms with Gasteiger partial charge in [-0.1, -0.05) is 13.8 Å². The molecule has 3 rings (SSSR count). The van der Waals surface area contributed by atoms with Gasteiger partial charge < -0.3 is 102 Å².